The highest BCUT2D eigenvalue weighted by molar-refractivity contribution is 5.26. The molecule has 0 bridgehead atoms. The van der Waals surface area contributed by atoms with E-state index in [1.807, 2.05) is 7.05 Å². The van der Waals surface area contributed by atoms with Crippen LogP contribution in [0.2, 0.25) is 0 Å². The van der Waals surface area contributed by atoms with Gasteiger partial charge in [-0.2, -0.15) is 0 Å². The van der Waals surface area contributed by atoms with Gasteiger partial charge in [-0.1, -0.05) is 37.3 Å². The second kappa shape index (κ2) is 6.35. The Balaban J connectivity index is 2.04. The van der Waals surface area contributed by atoms with Crippen molar-refractivity contribution in [1.82, 2.24) is 5.32 Å². The van der Waals surface area contributed by atoms with Crippen molar-refractivity contribution in [2.45, 2.75) is 31.6 Å². The zero-order valence-corrected chi connectivity index (χ0v) is 11.6. The van der Waals surface area contributed by atoms with Gasteiger partial charge >= 0.3 is 0 Å². The second-order valence-electron chi connectivity index (χ2n) is 5.49. The number of likely N-dealkylation sites (N-methyl/N-ethyl adjacent to an activating group) is 1. The topological polar surface area (TPSA) is 21.3 Å². The molecule has 1 atom stereocenters. The summed E-state index contributed by atoms with van der Waals surface area (Å²) in [5.74, 6) is 0.838. The molecule has 1 aromatic carbocycles. The molecule has 1 saturated carbocycles. The molecule has 1 aliphatic carbocycles. The van der Waals surface area contributed by atoms with Crippen molar-refractivity contribution in [3.63, 3.8) is 0 Å². The molecule has 18 heavy (non-hydrogen) atoms. The average Bonchev–Trinajstić information content (AvgIpc) is 3.23. The zero-order chi connectivity index (χ0) is 12.8. The standard InChI is InChI=1S/C16H25NO/c1-3-16(12-17-2,13-18-11-14-9-10-14)15-7-5-4-6-8-15/h4-8,14,17H,3,9-13H2,1-2H3. The average molecular weight is 247 g/mol. The number of nitrogens with one attached hydrogen (secondary N) is 1. The summed E-state index contributed by atoms with van der Waals surface area (Å²) in [5, 5.41) is 3.33. The monoisotopic (exact) mass is 247 g/mol. The van der Waals surface area contributed by atoms with E-state index in [0.29, 0.717) is 0 Å². The first-order chi connectivity index (χ1) is 8.80. The van der Waals surface area contributed by atoms with Crippen molar-refractivity contribution in [1.29, 1.82) is 0 Å². The molecule has 1 aromatic rings. The van der Waals surface area contributed by atoms with Gasteiger partial charge in [0.2, 0.25) is 0 Å². The molecule has 1 fully saturated rings. The SMILES string of the molecule is CCC(CNC)(COCC1CC1)c1ccccc1. The second-order valence-corrected chi connectivity index (χ2v) is 5.49. The number of benzene rings is 1. The van der Waals surface area contributed by atoms with Crippen LogP contribution in [-0.2, 0) is 10.2 Å². The molecule has 0 spiro atoms. The molecule has 2 heteroatoms. The summed E-state index contributed by atoms with van der Waals surface area (Å²) in [6, 6.07) is 10.8. The van der Waals surface area contributed by atoms with Gasteiger partial charge in [-0.3, -0.25) is 0 Å². The summed E-state index contributed by atoms with van der Waals surface area (Å²) >= 11 is 0. The van der Waals surface area contributed by atoms with Crippen LogP contribution in [0.15, 0.2) is 30.3 Å². The Morgan fingerprint density at radius 1 is 1.28 bits per heavy atom. The summed E-state index contributed by atoms with van der Waals surface area (Å²) in [4.78, 5) is 0. The predicted octanol–water partition coefficient (Wildman–Crippen LogP) is 2.98. The van der Waals surface area contributed by atoms with E-state index < -0.39 is 0 Å². The van der Waals surface area contributed by atoms with Crippen LogP contribution in [0.5, 0.6) is 0 Å². The Morgan fingerprint density at radius 2 is 2.00 bits per heavy atom. The molecular weight excluding hydrogens is 222 g/mol. The number of rotatable bonds is 8. The molecule has 2 rings (SSSR count). The summed E-state index contributed by atoms with van der Waals surface area (Å²) in [6.45, 7) is 4.99. The van der Waals surface area contributed by atoms with Gasteiger partial charge in [0.05, 0.1) is 6.61 Å². The highest BCUT2D eigenvalue weighted by Crippen LogP contribution is 2.31. The summed E-state index contributed by atoms with van der Waals surface area (Å²) in [5.41, 5.74) is 1.50. The van der Waals surface area contributed by atoms with Gasteiger partial charge in [0.25, 0.3) is 0 Å². The minimum atomic E-state index is 0.116. The molecule has 100 valence electrons. The summed E-state index contributed by atoms with van der Waals surface area (Å²) in [7, 11) is 2.02. The zero-order valence-electron chi connectivity index (χ0n) is 11.6. The molecule has 2 nitrogen and oxygen atoms in total. The maximum absolute atomic E-state index is 5.98. The van der Waals surface area contributed by atoms with E-state index in [2.05, 4.69) is 42.6 Å². The molecular formula is C16H25NO. The smallest absolute Gasteiger partial charge is 0.0575 e. The third-order valence-electron chi connectivity index (χ3n) is 4.01. The maximum atomic E-state index is 5.98. The highest BCUT2D eigenvalue weighted by atomic mass is 16.5. The van der Waals surface area contributed by atoms with Crippen LogP contribution < -0.4 is 5.32 Å². The summed E-state index contributed by atoms with van der Waals surface area (Å²) in [6.07, 6.45) is 3.81. The van der Waals surface area contributed by atoms with Gasteiger partial charge in [0.1, 0.15) is 0 Å². The fourth-order valence-electron chi connectivity index (χ4n) is 2.50. The molecule has 1 N–H and O–H groups in total. The Morgan fingerprint density at radius 3 is 2.56 bits per heavy atom. The molecule has 1 unspecified atom stereocenters. The Kier molecular flexibility index (Phi) is 4.79. The van der Waals surface area contributed by atoms with Crippen LogP contribution in [-0.4, -0.2) is 26.8 Å². The van der Waals surface area contributed by atoms with Gasteiger partial charge in [-0.25, -0.2) is 0 Å². The van der Waals surface area contributed by atoms with E-state index in [0.717, 1.165) is 32.1 Å². The normalized spacial score (nSPS) is 18.6. The first kappa shape index (κ1) is 13.6. The van der Waals surface area contributed by atoms with Crippen molar-refractivity contribution in [3.05, 3.63) is 35.9 Å². The first-order valence-corrected chi connectivity index (χ1v) is 7.08. The van der Waals surface area contributed by atoms with Crippen molar-refractivity contribution in [3.8, 4) is 0 Å². The van der Waals surface area contributed by atoms with Crippen LogP contribution in [0.3, 0.4) is 0 Å². The predicted molar refractivity (Wildman–Crippen MR) is 75.9 cm³/mol. The molecule has 0 radical (unpaired) electrons. The molecule has 0 amide bonds. The quantitative estimate of drug-likeness (QED) is 0.762. The minimum Gasteiger partial charge on any atom is -0.380 e. The van der Waals surface area contributed by atoms with Gasteiger partial charge in [-0.05, 0) is 37.8 Å². The van der Waals surface area contributed by atoms with E-state index in [1.54, 1.807) is 0 Å². The number of ether oxygens (including phenoxy) is 1. The first-order valence-electron chi connectivity index (χ1n) is 7.08. The van der Waals surface area contributed by atoms with Crippen molar-refractivity contribution in [2.75, 3.05) is 26.8 Å². The third kappa shape index (κ3) is 3.33. The van der Waals surface area contributed by atoms with Crippen LogP contribution in [0, 0.1) is 5.92 Å². The Labute approximate surface area is 111 Å². The lowest BCUT2D eigenvalue weighted by Gasteiger charge is -2.33. The Hall–Kier alpha value is -0.860. The van der Waals surface area contributed by atoms with Crippen molar-refractivity contribution >= 4 is 0 Å². The van der Waals surface area contributed by atoms with E-state index in [4.69, 9.17) is 4.74 Å². The molecule has 0 saturated heterocycles. The number of hydrogen-bond donors (Lipinski definition) is 1. The maximum Gasteiger partial charge on any atom is 0.0575 e. The van der Waals surface area contributed by atoms with Gasteiger partial charge in [-0.15, -0.1) is 0 Å². The van der Waals surface area contributed by atoms with E-state index in [1.165, 1.54) is 18.4 Å². The fraction of sp³-hybridized carbons (Fsp3) is 0.625. The lowest BCUT2D eigenvalue weighted by molar-refractivity contribution is 0.0727. The summed E-state index contributed by atoms with van der Waals surface area (Å²) < 4.78 is 5.98. The van der Waals surface area contributed by atoms with Gasteiger partial charge < -0.3 is 10.1 Å². The van der Waals surface area contributed by atoms with E-state index >= 15 is 0 Å². The lowest BCUT2D eigenvalue weighted by Crippen LogP contribution is -2.40. The fourth-order valence-corrected chi connectivity index (χ4v) is 2.50. The highest BCUT2D eigenvalue weighted by Gasteiger charge is 2.31. The van der Waals surface area contributed by atoms with Crippen LogP contribution in [0.4, 0.5) is 0 Å². The lowest BCUT2D eigenvalue weighted by atomic mass is 9.78. The molecule has 1 aliphatic rings. The molecule has 0 heterocycles. The van der Waals surface area contributed by atoms with Crippen LogP contribution in [0.1, 0.15) is 31.7 Å². The van der Waals surface area contributed by atoms with Crippen LogP contribution in [0.25, 0.3) is 0 Å². The van der Waals surface area contributed by atoms with Crippen molar-refractivity contribution in [2.24, 2.45) is 5.92 Å². The molecule has 0 aromatic heterocycles. The van der Waals surface area contributed by atoms with Crippen LogP contribution >= 0.6 is 0 Å². The number of hydrogen-bond acceptors (Lipinski definition) is 2. The largest absolute Gasteiger partial charge is 0.380 e. The minimum absolute atomic E-state index is 0.116. The van der Waals surface area contributed by atoms with Crippen molar-refractivity contribution < 1.29 is 4.74 Å². The Bertz CT molecular complexity index is 347. The van der Waals surface area contributed by atoms with Gasteiger partial charge in [0.15, 0.2) is 0 Å². The van der Waals surface area contributed by atoms with E-state index in [9.17, 15) is 0 Å². The molecule has 0 aliphatic heterocycles. The van der Waals surface area contributed by atoms with Gasteiger partial charge in [0, 0.05) is 18.6 Å². The van der Waals surface area contributed by atoms with E-state index in [-0.39, 0.29) is 5.41 Å². The third-order valence-corrected chi connectivity index (χ3v) is 4.01.